The van der Waals surface area contributed by atoms with Crippen molar-refractivity contribution >= 4 is 27.5 Å². The highest BCUT2D eigenvalue weighted by atomic mass is 79.9. The average molecular weight is 444 g/mol. The van der Waals surface area contributed by atoms with Crippen LogP contribution in [0.15, 0.2) is 53.0 Å². The molecule has 0 saturated carbocycles. The number of methoxy groups -OCH3 is 1. The number of carbonyl (C=O) groups excluding carboxylic acids is 1. The van der Waals surface area contributed by atoms with Crippen LogP contribution in [0, 0.1) is 13.8 Å². The van der Waals surface area contributed by atoms with E-state index in [1.54, 1.807) is 17.9 Å². The van der Waals surface area contributed by atoms with Crippen molar-refractivity contribution in [3.05, 3.63) is 70.0 Å². The van der Waals surface area contributed by atoms with Crippen LogP contribution in [0.2, 0.25) is 0 Å². The molecule has 1 aromatic heterocycles. The van der Waals surface area contributed by atoms with E-state index in [0.29, 0.717) is 35.9 Å². The SMILES string of the molecule is COCCOc1cccc(NC(=O)c2c(C)nn(-c3ccc(Br)cc3)c2C)c1. The van der Waals surface area contributed by atoms with Gasteiger partial charge in [-0.1, -0.05) is 22.0 Å². The molecule has 0 unspecified atom stereocenters. The third-order valence-electron chi connectivity index (χ3n) is 4.24. The van der Waals surface area contributed by atoms with Gasteiger partial charge in [-0.2, -0.15) is 5.10 Å². The van der Waals surface area contributed by atoms with Gasteiger partial charge < -0.3 is 14.8 Å². The van der Waals surface area contributed by atoms with Crippen LogP contribution in [0.4, 0.5) is 5.69 Å². The number of aryl methyl sites for hydroxylation is 1. The summed E-state index contributed by atoms with van der Waals surface area (Å²) in [5, 5.41) is 7.48. The zero-order chi connectivity index (χ0) is 20.1. The molecule has 1 heterocycles. The fourth-order valence-corrected chi connectivity index (χ4v) is 3.17. The number of amides is 1. The van der Waals surface area contributed by atoms with Crippen LogP contribution in [0.3, 0.4) is 0 Å². The lowest BCUT2D eigenvalue weighted by atomic mass is 10.1. The highest BCUT2D eigenvalue weighted by Crippen LogP contribution is 2.22. The molecular formula is C21H22BrN3O3. The quantitative estimate of drug-likeness (QED) is 0.544. The molecule has 3 aromatic rings. The molecule has 0 fully saturated rings. The minimum atomic E-state index is -0.201. The zero-order valence-electron chi connectivity index (χ0n) is 16.0. The second-order valence-corrected chi connectivity index (χ2v) is 7.17. The second-order valence-electron chi connectivity index (χ2n) is 6.26. The topological polar surface area (TPSA) is 65.4 Å². The number of nitrogens with zero attached hydrogens (tertiary/aromatic N) is 2. The molecule has 0 aliphatic carbocycles. The average Bonchev–Trinajstić information content (AvgIpc) is 2.97. The molecule has 0 saturated heterocycles. The molecule has 1 amide bonds. The normalized spacial score (nSPS) is 10.7. The van der Waals surface area contributed by atoms with E-state index >= 15 is 0 Å². The number of anilines is 1. The van der Waals surface area contributed by atoms with Gasteiger partial charge in [0.1, 0.15) is 12.4 Å². The summed E-state index contributed by atoms with van der Waals surface area (Å²) >= 11 is 3.43. The van der Waals surface area contributed by atoms with Crippen LogP contribution < -0.4 is 10.1 Å². The minimum absolute atomic E-state index is 0.201. The Morgan fingerprint density at radius 2 is 1.89 bits per heavy atom. The molecule has 0 radical (unpaired) electrons. The van der Waals surface area contributed by atoms with Crippen molar-refractivity contribution in [2.75, 3.05) is 25.6 Å². The molecule has 0 aliphatic heterocycles. The van der Waals surface area contributed by atoms with E-state index in [0.717, 1.165) is 15.9 Å². The monoisotopic (exact) mass is 443 g/mol. The fourth-order valence-electron chi connectivity index (χ4n) is 2.91. The Bertz CT molecular complexity index is 968. The van der Waals surface area contributed by atoms with Crippen LogP contribution in [-0.2, 0) is 4.74 Å². The molecule has 0 aliphatic rings. The highest BCUT2D eigenvalue weighted by molar-refractivity contribution is 9.10. The summed E-state index contributed by atoms with van der Waals surface area (Å²) in [6.45, 7) is 4.68. The maximum absolute atomic E-state index is 12.9. The smallest absolute Gasteiger partial charge is 0.259 e. The van der Waals surface area contributed by atoms with Crippen molar-refractivity contribution in [3.63, 3.8) is 0 Å². The van der Waals surface area contributed by atoms with Crippen molar-refractivity contribution in [2.24, 2.45) is 0 Å². The maximum Gasteiger partial charge on any atom is 0.259 e. The number of hydrogen-bond acceptors (Lipinski definition) is 4. The van der Waals surface area contributed by atoms with Crippen LogP contribution in [-0.4, -0.2) is 36.0 Å². The Labute approximate surface area is 172 Å². The summed E-state index contributed by atoms with van der Waals surface area (Å²) in [4.78, 5) is 12.9. The van der Waals surface area contributed by atoms with E-state index in [2.05, 4.69) is 26.3 Å². The Morgan fingerprint density at radius 3 is 2.61 bits per heavy atom. The molecule has 28 heavy (non-hydrogen) atoms. The number of hydrogen-bond donors (Lipinski definition) is 1. The van der Waals surface area contributed by atoms with Gasteiger partial charge in [-0.3, -0.25) is 4.79 Å². The molecule has 3 rings (SSSR count). The predicted octanol–water partition coefficient (Wildman–Crippen LogP) is 4.53. The van der Waals surface area contributed by atoms with Gasteiger partial charge in [0.25, 0.3) is 5.91 Å². The number of carbonyl (C=O) groups is 1. The minimum Gasteiger partial charge on any atom is -0.491 e. The third-order valence-corrected chi connectivity index (χ3v) is 4.77. The summed E-state index contributed by atoms with van der Waals surface area (Å²) in [6, 6.07) is 15.1. The molecule has 7 heteroatoms. The molecule has 0 spiro atoms. The van der Waals surface area contributed by atoms with Crippen LogP contribution in [0.1, 0.15) is 21.7 Å². The van der Waals surface area contributed by atoms with Gasteiger partial charge in [-0.25, -0.2) is 4.68 Å². The first-order valence-corrected chi connectivity index (χ1v) is 9.64. The van der Waals surface area contributed by atoms with E-state index in [1.165, 1.54) is 0 Å². The number of benzene rings is 2. The first-order valence-electron chi connectivity index (χ1n) is 8.85. The molecule has 146 valence electrons. The number of nitrogens with one attached hydrogen (secondary N) is 1. The molecule has 0 atom stereocenters. The summed E-state index contributed by atoms with van der Waals surface area (Å²) in [5.41, 5.74) is 3.58. The third kappa shape index (κ3) is 4.61. The van der Waals surface area contributed by atoms with Gasteiger partial charge in [-0.15, -0.1) is 0 Å². The standard InChI is InChI=1S/C21H22BrN3O3/c1-14-20(15(2)25(24-14)18-9-7-16(22)8-10-18)21(26)23-17-5-4-6-19(13-17)28-12-11-27-3/h4-10,13H,11-12H2,1-3H3,(H,23,26). The molecule has 0 bridgehead atoms. The lowest BCUT2D eigenvalue weighted by molar-refractivity contribution is 0.102. The number of rotatable bonds is 7. The Kier molecular flexibility index (Phi) is 6.49. The zero-order valence-corrected chi connectivity index (χ0v) is 17.6. The maximum atomic E-state index is 12.9. The van der Waals surface area contributed by atoms with Crippen LogP contribution >= 0.6 is 15.9 Å². The van der Waals surface area contributed by atoms with Gasteiger partial charge in [0.2, 0.25) is 0 Å². The second kappa shape index (κ2) is 9.03. The van der Waals surface area contributed by atoms with Gasteiger partial charge in [0.15, 0.2) is 0 Å². The Balaban J connectivity index is 1.80. The summed E-state index contributed by atoms with van der Waals surface area (Å²) in [7, 11) is 1.62. The Hall–Kier alpha value is -2.64. The van der Waals surface area contributed by atoms with Crippen LogP contribution in [0.25, 0.3) is 5.69 Å². The lowest BCUT2D eigenvalue weighted by Gasteiger charge is -2.09. The first kappa shape index (κ1) is 20.1. The predicted molar refractivity (Wildman–Crippen MR) is 113 cm³/mol. The van der Waals surface area contributed by atoms with E-state index < -0.39 is 0 Å². The number of aromatic nitrogens is 2. The number of halogens is 1. The van der Waals surface area contributed by atoms with Crippen LogP contribution in [0.5, 0.6) is 5.75 Å². The van der Waals surface area contributed by atoms with Crippen molar-refractivity contribution in [3.8, 4) is 11.4 Å². The molecule has 2 aromatic carbocycles. The van der Waals surface area contributed by atoms with Crippen molar-refractivity contribution < 1.29 is 14.3 Å². The largest absolute Gasteiger partial charge is 0.491 e. The summed E-state index contributed by atoms with van der Waals surface area (Å²) < 4.78 is 13.3. The van der Waals surface area contributed by atoms with Gasteiger partial charge in [0.05, 0.1) is 29.2 Å². The van der Waals surface area contributed by atoms with Gasteiger partial charge >= 0.3 is 0 Å². The Morgan fingerprint density at radius 1 is 1.14 bits per heavy atom. The summed E-state index contributed by atoms with van der Waals surface area (Å²) in [6.07, 6.45) is 0. The molecule has 6 nitrogen and oxygen atoms in total. The summed E-state index contributed by atoms with van der Waals surface area (Å²) in [5.74, 6) is 0.473. The van der Waals surface area contributed by atoms with Gasteiger partial charge in [0, 0.05) is 23.3 Å². The molecular weight excluding hydrogens is 422 g/mol. The van der Waals surface area contributed by atoms with Gasteiger partial charge in [-0.05, 0) is 50.2 Å². The van der Waals surface area contributed by atoms with Crippen molar-refractivity contribution in [1.82, 2.24) is 9.78 Å². The van der Waals surface area contributed by atoms with E-state index in [9.17, 15) is 4.79 Å². The van der Waals surface area contributed by atoms with E-state index in [4.69, 9.17) is 9.47 Å². The first-order chi connectivity index (χ1) is 13.5. The molecule has 1 N–H and O–H groups in total. The van der Waals surface area contributed by atoms with E-state index in [-0.39, 0.29) is 5.91 Å². The van der Waals surface area contributed by atoms with Crippen molar-refractivity contribution in [2.45, 2.75) is 13.8 Å². The lowest BCUT2D eigenvalue weighted by Crippen LogP contribution is -2.14. The number of ether oxygens (including phenoxy) is 2. The van der Waals surface area contributed by atoms with E-state index in [1.807, 2.05) is 56.3 Å². The highest BCUT2D eigenvalue weighted by Gasteiger charge is 2.19. The fraction of sp³-hybridized carbons (Fsp3) is 0.238. The van der Waals surface area contributed by atoms with Crippen molar-refractivity contribution in [1.29, 1.82) is 0 Å².